The van der Waals surface area contributed by atoms with Crippen LogP contribution in [-0.4, -0.2) is 66.1 Å². The summed E-state index contributed by atoms with van der Waals surface area (Å²) in [5.41, 5.74) is 0.931. The van der Waals surface area contributed by atoms with E-state index in [2.05, 4.69) is 6.92 Å². The van der Waals surface area contributed by atoms with E-state index in [0.29, 0.717) is 76.5 Å². The zero-order valence-electron chi connectivity index (χ0n) is 17.5. The number of rotatable bonds is 2. The summed E-state index contributed by atoms with van der Waals surface area (Å²) in [4.78, 5) is 12.1. The Morgan fingerprint density at radius 3 is 1.93 bits per heavy atom. The van der Waals surface area contributed by atoms with Gasteiger partial charge < -0.3 is 32.8 Å². The normalized spacial score (nSPS) is 17.9. The maximum Gasteiger partial charge on any atom is 0.336 e. The molecule has 1 aromatic heterocycles. The van der Waals surface area contributed by atoms with Gasteiger partial charge in [-0.25, -0.2) is 4.79 Å². The number of benzene rings is 1. The van der Waals surface area contributed by atoms with Gasteiger partial charge in [-0.2, -0.15) is 0 Å². The van der Waals surface area contributed by atoms with Crippen LogP contribution in [0.15, 0.2) is 27.4 Å². The van der Waals surface area contributed by atoms with Gasteiger partial charge in [0.05, 0.1) is 52.9 Å². The monoisotopic (exact) mass is 422 g/mol. The molecule has 1 aliphatic rings. The summed E-state index contributed by atoms with van der Waals surface area (Å²) in [5, 5.41) is 0.851. The summed E-state index contributed by atoms with van der Waals surface area (Å²) in [7, 11) is 0. The first-order valence-electron chi connectivity index (χ1n) is 10.5. The SMILES string of the molecule is CCCc1cc(=O)oc2c3c(ccc12)OCCOCCOCCOCCOCCO3. The molecule has 8 heteroatoms. The Morgan fingerprint density at radius 1 is 0.767 bits per heavy atom. The summed E-state index contributed by atoms with van der Waals surface area (Å²) in [5.74, 6) is 0.912. The van der Waals surface area contributed by atoms with Gasteiger partial charge in [0.1, 0.15) is 13.2 Å². The van der Waals surface area contributed by atoms with E-state index >= 15 is 0 Å². The van der Waals surface area contributed by atoms with Gasteiger partial charge in [-0.15, -0.1) is 0 Å². The van der Waals surface area contributed by atoms with Crippen molar-refractivity contribution >= 4 is 11.0 Å². The second-order valence-electron chi connectivity index (χ2n) is 6.76. The van der Waals surface area contributed by atoms with Crippen LogP contribution in [0.5, 0.6) is 11.5 Å². The predicted molar refractivity (Wildman–Crippen MR) is 111 cm³/mol. The number of fused-ring (bicyclic) bond motifs is 3. The second-order valence-corrected chi connectivity index (χ2v) is 6.76. The predicted octanol–water partition coefficient (Wildman–Crippen LogP) is 2.58. The van der Waals surface area contributed by atoms with E-state index in [0.717, 1.165) is 23.8 Å². The van der Waals surface area contributed by atoms with Gasteiger partial charge in [-0.1, -0.05) is 13.3 Å². The first kappa shape index (κ1) is 22.6. The van der Waals surface area contributed by atoms with Gasteiger partial charge in [-0.05, 0) is 24.1 Å². The number of hydrogen-bond acceptors (Lipinski definition) is 8. The molecule has 0 aliphatic carbocycles. The van der Waals surface area contributed by atoms with Crippen LogP contribution in [0.1, 0.15) is 18.9 Å². The average molecular weight is 422 g/mol. The summed E-state index contributed by atoms with van der Waals surface area (Å²) >= 11 is 0. The molecule has 0 saturated heterocycles. The van der Waals surface area contributed by atoms with Crippen LogP contribution >= 0.6 is 0 Å². The highest BCUT2D eigenvalue weighted by molar-refractivity contribution is 5.88. The van der Waals surface area contributed by atoms with Crippen molar-refractivity contribution in [2.45, 2.75) is 19.8 Å². The summed E-state index contributed by atoms with van der Waals surface area (Å²) in [6.07, 6.45) is 1.70. The molecule has 2 aromatic rings. The van der Waals surface area contributed by atoms with Crippen LogP contribution in [0.4, 0.5) is 0 Å². The molecule has 3 rings (SSSR count). The molecule has 0 atom stereocenters. The molecule has 0 fully saturated rings. The molecule has 2 heterocycles. The average Bonchev–Trinajstić information content (AvgIpc) is 2.73. The highest BCUT2D eigenvalue weighted by Crippen LogP contribution is 2.36. The maximum atomic E-state index is 12.1. The van der Waals surface area contributed by atoms with E-state index in [4.69, 9.17) is 32.8 Å². The van der Waals surface area contributed by atoms with Gasteiger partial charge in [0.25, 0.3) is 0 Å². The molecule has 0 saturated carbocycles. The van der Waals surface area contributed by atoms with Crippen molar-refractivity contribution < 1.29 is 32.8 Å². The molecule has 0 unspecified atom stereocenters. The van der Waals surface area contributed by atoms with Gasteiger partial charge in [0.15, 0.2) is 11.3 Å². The zero-order chi connectivity index (χ0) is 21.0. The molecule has 166 valence electrons. The lowest BCUT2D eigenvalue weighted by molar-refractivity contribution is -0.00838. The van der Waals surface area contributed by atoms with Gasteiger partial charge in [0.2, 0.25) is 5.75 Å². The van der Waals surface area contributed by atoms with Gasteiger partial charge >= 0.3 is 5.63 Å². The van der Waals surface area contributed by atoms with E-state index in [1.807, 2.05) is 12.1 Å². The van der Waals surface area contributed by atoms with Crippen molar-refractivity contribution in [3.8, 4) is 11.5 Å². The van der Waals surface area contributed by atoms with Crippen LogP contribution in [0.3, 0.4) is 0 Å². The van der Waals surface area contributed by atoms with E-state index in [1.54, 1.807) is 6.07 Å². The molecular formula is C22H30O8. The molecule has 0 amide bonds. The largest absolute Gasteiger partial charge is 0.487 e. The van der Waals surface area contributed by atoms with E-state index in [-0.39, 0.29) is 6.61 Å². The zero-order valence-corrected chi connectivity index (χ0v) is 17.5. The molecule has 8 nitrogen and oxygen atoms in total. The van der Waals surface area contributed by atoms with Crippen molar-refractivity contribution in [3.63, 3.8) is 0 Å². The lowest BCUT2D eigenvalue weighted by Gasteiger charge is -2.16. The van der Waals surface area contributed by atoms with Crippen LogP contribution in [0, 0.1) is 0 Å². The fourth-order valence-electron chi connectivity index (χ4n) is 3.15. The van der Waals surface area contributed by atoms with Crippen LogP contribution in [-0.2, 0) is 25.4 Å². The molecule has 30 heavy (non-hydrogen) atoms. The second kappa shape index (κ2) is 12.5. The number of aryl methyl sites for hydroxylation is 1. The van der Waals surface area contributed by atoms with Gasteiger partial charge in [-0.3, -0.25) is 0 Å². The Balaban J connectivity index is 1.80. The van der Waals surface area contributed by atoms with Gasteiger partial charge in [0, 0.05) is 11.5 Å². The highest BCUT2D eigenvalue weighted by atomic mass is 16.6. The van der Waals surface area contributed by atoms with Crippen LogP contribution in [0.25, 0.3) is 11.0 Å². The Labute approximate surface area is 175 Å². The molecule has 0 spiro atoms. The fraction of sp³-hybridized carbons (Fsp3) is 0.591. The Kier molecular flexibility index (Phi) is 9.43. The minimum atomic E-state index is -0.404. The first-order chi connectivity index (χ1) is 14.8. The molecular weight excluding hydrogens is 392 g/mol. The standard InChI is InChI=1S/C22H30O8/c1-2-3-17-16-20(23)30-21-18(17)4-5-19-22(21)29-15-13-27-11-9-25-7-6-24-8-10-26-12-14-28-19/h4-5,16H,2-3,6-15H2,1H3. The number of hydrogen-bond donors (Lipinski definition) is 0. The molecule has 0 radical (unpaired) electrons. The van der Waals surface area contributed by atoms with Crippen LogP contribution in [0.2, 0.25) is 0 Å². The first-order valence-corrected chi connectivity index (χ1v) is 10.5. The fourth-order valence-corrected chi connectivity index (χ4v) is 3.15. The third kappa shape index (κ3) is 6.70. The smallest absolute Gasteiger partial charge is 0.336 e. The lowest BCUT2D eigenvalue weighted by Crippen LogP contribution is -2.16. The van der Waals surface area contributed by atoms with Crippen LogP contribution < -0.4 is 15.1 Å². The maximum absolute atomic E-state index is 12.1. The van der Waals surface area contributed by atoms with Crippen molar-refractivity contribution in [2.75, 3.05) is 66.1 Å². The molecule has 1 aromatic carbocycles. The molecule has 0 N–H and O–H groups in total. The minimum absolute atomic E-state index is 0.288. The number of ether oxygens (including phenoxy) is 6. The van der Waals surface area contributed by atoms with Crippen molar-refractivity contribution in [1.29, 1.82) is 0 Å². The Bertz CT molecular complexity index is 832. The Morgan fingerprint density at radius 2 is 1.33 bits per heavy atom. The third-order valence-corrected chi connectivity index (χ3v) is 4.51. The van der Waals surface area contributed by atoms with Crippen molar-refractivity contribution in [3.05, 3.63) is 34.2 Å². The third-order valence-electron chi connectivity index (χ3n) is 4.51. The van der Waals surface area contributed by atoms with E-state index < -0.39 is 5.63 Å². The molecule has 1 aliphatic heterocycles. The Hall–Kier alpha value is -2.13. The summed E-state index contributed by atoms with van der Waals surface area (Å²) < 4.78 is 39.3. The minimum Gasteiger partial charge on any atom is -0.487 e. The lowest BCUT2D eigenvalue weighted by atomic mass is 10.1. The van der Waals surface area contributed by atoms with E-state index in [9.17, 15) is 4.79 Å². The van der Waals surface area contributed by atoms with E-state index in [1.165, 1.54) is 0 Å². The molecule has 0 bridgehead atoms. The summed E-state index contributed by atoms with van der Waals surface area (Å²) in [6, 6.07) is 5.28. The quantitative estimate of drug-likeness (QED) is 0.683. The van der Waals surface area contributed by atoms with Crippen molar-refractivity contribution in [2.24, 2.45) is 0 Å². The summed E-state index contributed by atoms with van der Waals surface area (Å²) in [6.45, 7) is 6.42. The highest BCUT2D eigenvalue weighted by Gasteiger charge is 2.16. The van der Waals surface area contributed by atoms with Crippen molar-refractivity contribution in [1.82, 2.24) is 0 Å². The topological polar surface area (TPSA) is 85.6 Å².